The molecular formula is C16H15Cl2F2NO. The van der Waals surface area contributed by atoms with E-state index in [1.807, 2.05) is 6.92 Å². The van der Waals surface area contributed by atoms with Crippen molar-refractivity contribution in [3.63, 3.8) is 0 Å². The minimum absolute atomic E-state index is 0.0156. The summed E-state index contributed by atoms with van der Waals surface area (Å²) in [4.78, 5) is 0. The number of benzene rings is 2. The van der Waals surface area contributed by atoms with Gasteiger partial charge < -0.3 is 10.1 Å². The van der Waals surface area contributed by atoms with Crippen molar-refractivity contribution < 1.29 is 13.5 Å². The number of methoxy groups -OCH3 is 1. The van der Waals surface area contributed by atoms with Crippen molar-refractivity contribution >= 4 is 23.2 Å². The van der Waals surface area contributed by atoms with E-state index in [-0.39, 0.29) is 16.8 Å². The average Bonchev–Trinajstić information content (AvgIpc) is 2.48. The predicted octanol–water partition coefficient (Wildman–Crippen LogP) is 5.13. The Morgan fingerprint density at radius 1 is 1.09 bits per heavy atom. The van der Waals surface area contributed by atoms with E-state index < -0.39 is 11.6 Å². The van der Waals surface area contributed by atoms with Crippen LogP contribution in [-0.4, -0.2) is 7.11 Å². The molecule has 0 bridgehead atoms. The minimum Gasteiger partial charge on any atom is -0.494 e. The monoisotopic (exact) mass is 345 g/mol. The number of hydrogen-bond acceptors (Lipinski definition) is 2. The lowest BCUT2D eigenvalue weighted by molar-refractivity contribution is 0.386. The van der Waals surface area contributed by atoms with E-state index in [0.29, 0.717) is 17.1 Å². The van der Waals surface area contributed by atoms with Crippen molar-refractivity contribution in [3.8, 4) is 5.75 Å². The molecule has 1 N–H and O–H groups in total. The topological polar surface area (TPSA) is 21.3 Å². The van der Waals surface area contributed by atoms with Crippen molar-refractivity contribution in [2.45, 2.75) is 19.5 Å². The van der Waals surface area contributed by atoms with Gasteiger partial charge in [0, 0.05) is 17.6 Å². The summed E-state index contributed by atoms with van der Waals surface area (Å²) in [5, 5.41) is 3.53. The van der Waals surface area contributed by atoms with Gasteiger partial charge in [-0.15, -0.1) is 0 Å². The molecule has 0 amide bonds. The summed E-state index contributed by atoms with van der Waals surface area (Å²) in [5.41, 5.74) is 1.34. The van der Waals surface area contributed by atoms with Gasteiger partial charge in [0.15, 0.2) is 11.6 Å². The van der Waals surface area contributed by atoms with Crippen LogP contribution in [0.25, 0.3) is 0 Å². The first-order valence-corrected chi connectivity index (χ1v) is 7.38. The van der Waals surface area contributed by atoms with Crippen LogP contribution in [0.1, 0.15) is 24.1 Å². The van der Waals surface area contributed by atoms with Gasteiger partial charge in [0.2, 0.25) is 0 Å². The van der Waals surface area contributed by atoms with E-state index in [0.717, 1.165) is 5.56 Å². The highest BCUT2D eigenvalue weighted by molar-refractivity contribution is 6.35. The Labute approximate surface area is 138 Å². The summed E-state index contributed by atoms with van der Waals surface area (Å²) >= 11 is 11.8. The second-order valence-electron chi connectivity index (χ2n) is 4.86. The Balaban J connectivity index is 2.08. The minimum atomic E-state index is -0.523. The molecule has 0 saturated heterocycles. The number of halogens is 4. The largest absolute Gasteiger partial charge is 0.494 e. The van der Waals surface area contributed by atoms with Crippen LogP contribution in [0, 0.1) is 11.6 Å². The van der Waals surface area contributed by atoms with E-state index in [9.17, 15) is 8.78 Å². The lowest BCUT2D eigenvalue weighted by Gasteiger charge is -2.16. The summed E-state index contributed by atoms with van der Waals surface area (Å²) in [5.74, 6) is -0.755. The predicted molar refractivity (Wildman–Crippen MR) is 84.6 cm³/mol. The van der Waals surface area contributed by atoms with Gasteiger partial charge in [-0.3, -0.25) is 0 Å². The summed E-state index contributed by atoms with van der Waals surface area (Å²) in [6.07, 6.45) is 0. The molecule has 0 aliphatic rings. The van der Waals surface area contributed by atoms with Crippen molar-refractivity contribution in [3.05, 3.63) is 63.1 Å². The molecule has 1 atom stereocenters. The lowest BCUT2D eigenvalue weighted by Crippen LogP contribution is -2.18. The lowest BCUT2D eigenvalue weighted by atomic mass is 10.1. The van der Waals surface area contributed by atoms with Gasteiger partial charge in [-0.25, -0.2) is 8.78 Å². The van der Waals surface area contributed by atoms with Gasteiger partial charge in [-0.2, -0.15) is 0 Å². The molecule has 2 rings (SSSR count). The number of nitrogens with one attached hydrogen (secondary N) is 1. The number of hydrogen-bond donors (Lipinski definition) is 1. The van der Waals surface area contributed by atoms with E-state index in [1.54, 1.807) is 12.1 Å². The van der Waals surface area contributed by atoms with Crippen LogP contribution in [-0.2, 0) is 6.54 Å². The molecule has 0 heterocycles. The molecule has 22 heavy (non-hydrogen) atoms. The second kappa shape index (κ2) is 7.27. The highest BCUT2D eigenvalue weighted by Crippen LogP contribution is 2.29. The zero-order chi connectivity index (χ0) is 16.3. The van der Waals surface area contributed by atoms with Crippen molar-refractivity contribution in [1.82, 2.24) is 5.32 Å². The van der Waals surface area contributed by atoms with Crippen molar-refractivity contribution in [2.24, 2.45) is 0 Å². The normalized spacial score (nSPS) is 12.3. The van der Waals surface area contributed by atoms with Crippen molar-refractivity contribution in [1.29, 1.82) is 0 Å². The third kappa shape index (κ3) is 3.88. The molecule has 0 fully saturated rings. The molecule has 0 aliphatic carbocycles. The highest BCUT2D eigenvalue weighted by Gasteiger charge is 2.13. The molecule has 1 unspecified atom stereocenters. The molecule has 2 aromatic rings. The summed E-state index contributed by atoms with van der Waals surface area (Å²) in [7, 11) is 1.41. The van der Waals surface area contributed by atoms with Crippen LogP contribution < -0.4 is 10.1 Å². The quantitative estimate of drug-likeness (QED) is 0.758. The molecule has 6 heteroatoms. The van der Waals surface area contributed by atoms with Crippen molar-refractivity contribution in [2.75, 3.05) is 7.11 Å². The van der Waals surface area contributed by atoms with Gasteiger partial charge in [0.1, 0.15) is 5.82 Å². The smallest absolute Gasteiger partial charge is 0.165 e. The fourth-order valence-electron chi connectivity index (χ4n) is 2.07. The van der Waals surface area contributed by atoms with E-state index in [4.69, 9.17) is 27.9 Å². The molecule has 0 aromatic heterocycles. The molecular weight excluding hydrogens is 331 g/mol. The zero-order valence-corrected chi connectivity index (χ0v) is 13.6. The Kier molecular flexibility index (Phi) is 5.62. The first kappa shape index (κ1) is 17.0. The number of ether oxygens (including phenoxy) is 1. The highest BCUT2D eigenvalue weighted by atomic mass is 35.5. The molecule has 2 aromatic carbocycles. The van der Waals surface area contributed by atoms with E-state index in [1.165, 1.54) is 25.3 Å². The van der Waals surface area contributed by atoms with Crippen LogP contribution in [0.15, 0.2) is 30.3 Å². The molecule has 0 radical (unpaired) electrons. The van der Waals surface area contributed by atoms with Gasteiger partial charge >= 0.3 is 0 Å². The zero-order valence-electron chi connectivity index (χ0n) is 12.1. The molecule has 2 nitrogen and oxygen atoms in total. The first-order valence-electron chi connectivity index (χ1n) is 6.62. The Bertz CT molecular complexity index is 679. The summed E-state index contributed by atoms with van der Waals surface area (Å²) in [6.45, 7) is 2.25. The van der Waals surface area contributed by atoms with Crippen LogP contribution >= 0.6 is 23.2 Å². The average molecular weight is 346 g/mol. The van der Waals surface area contributed by atoms with Crippen LogP contribution in [0.2, 0.25) is 10.0 Å². The Morgan fingerprint density at radius 2 is 1.82 bits per heavy atom. The molecule has 0 aliphatic heterocycles. The van der Waals surface area contributed by atoms with Gasteiger partial charge in [-0.05, 0) is 42.3 Å². The maximum atomic E-state index is 13.6. The maximum absolute atomic E-state index is 13.6. The summed E-state index contributed by atoms with van der Waals surface area (Å²) < 4.78 is 32.0. The maximum Gasteiger partial charge on any atom is 0.165 e. The fraction of sp³-hybridized carbons (Fsp3) is 0.250. The third-order valence-electron chi connectivity index (χ3n) is 3.33. The first-order chi connectivity index (χ1) is 10.4. The fourth-order valence-corrected chi connectivity index (χ4v) is 2.62. The second-order valence-corrected chi connectivity index (χ2v) is 5.67. The van der Waals surface area contributed by atoms with E-state index >= 15 is 0 Å². The molecule has 0 spiro atoms. The molecule has 118 valence electrons. The summed E-state index contributed by atoms with van der Waals surface area (Å²) in [6, 6.07) is 7.17. The van der Waals surface area contributed by atoms with Crippen LogP contribution in [0.4, 0.5) is 8.78 Å². The Hall–Kier alpha value is -1.36. The number of rotatable bonds is 5. The third-order valence-corrected chi connectivity index (χ3v) is 3.95. The van der Waals surface area contributed by atoms with Crippen LogP contribution in [0.5, 0.6) is 5.75 Å². The van der Waals surface area contributed by atoms with Gasteiger partial charge in [0.05, 0.1) is 12.1 Å². The molecule has 0 saturated carbocycles. The van der Waals surface area contributed by atoms with Gasteiger partial charge in [-0.1, -0.05) is 29.3 Å². The Morgan fingerprint density at radius 3 is 2.45 bits per heavy atom. The SMILES string of the molecule is COc1ccc(CNC(C)c2cc(F)c(Cl)cc2Cl)cc1F. The van der Waals surface area contributed by atoms with Gasteiger partial charge in [0.25, 0.3) is 0 Å². The van der Waals surface area contributed by atoms with Crippen LogP contribution in [0.3, 0.4) is 0 Å². The standard InChI is InChI=1S/C16H15Cl2F2NO/c1-9(11-6-14(19)13(18)7-12(11)17)21-8-10-3-4-16(22-2)15(20)5-10/h3-7,9,21H,8H2,1-2H3. The van der Waals surface area contributed by atoms with E-state index in [2.05, 4.69) is 5.32 Å².